The highest BCUT2D eigenvalue weighted by Gasteiger charge is 2.39. The van der Waals surface area contributed by atoms with Gasteiger partial charge in [0.05, 0.1) is 16.3 Å². The molecule has 3 aromatic rings. The van der Waals surface area contributed by atoms with Gasteiger partial charge in [0, 0.05) is 36.9 Å². The van der Waals surface area contributed by atoms with E-state index in [9.17, 15) is 4.39 Å². The molecule has 2 aliphatic rings. The summed E-state index contributed by atoms with van der Waals surface area (Å²) >= 11 is 3.18. The van der Waals surface area contributed by atoms with E-state index in [1.54, 1.807) is 29.7 Å². The third-order valence-electron chi connectivity index (χ3n) is 5.08. The lowest BCUT2D eigenvalue weighted by Crippen LogP contribution is -2.43. The van der Waals surface area contributed by atoms with E-state index in [0.717, 1.165) is 45.2 Å². The molecule has 2 aromatic heterocycles. The molecule has 5 rings (SSSR count). The summed E-state index contributed by atoms with van der Waals surface area (Å²) in [5.74, 6) is -0.245. The number of fused-ring (bicyclic) bond motifs is 2. The van der Waals surface area contributed by atoms with E-state index in [1.165, 1.54) is 30.3 Å². The van der Waals surface area contributed by atoms with Gasteiger partial charge >= 0.3 is 0 Å². The molecule has 0 radical (unpaired) electrons. The van der Waals surface area contributed by atoms with Crippen LogP contribution in [0.1, 0.15) is 6.42 Å². The van der Waals surface area contributed by atoms with Gasteiger partial charge in [0.25, 0.3) is 0 Å². The first-order valence-electron chi connectivity index (χ1n) is 8.85. The Hall–Kier alpha value is -2.03. The molecule has 4 heterocycles. The van der Waals surface area contributed by atoms with E-state index in [4.69, 9.17) is 4.98 Å². The van der Waals surface area contributed by atoms with Gasteiger partial charge in [-0.1, -0.05) is 23.1 Å². The molecule has 2 bridgehead atoms. The molecule has 0 spiro atoms. The number of benzene rings is 1. The van der Waals surface area contributed by atoms with Crippen molar-refractivity contribution in [1.82, 2.24) is 20.3 Å². The van der Waals surface area contributed by atoms with Crippen LogP contribution in [0.4, 0.5) is 9.52 Å². The van der Waals surface area contributed by atoms with Crippen molar-refractivity contribution in [2.24, 2.45) is 0 Å². The summed E-state index contributed by atoms with van der Waals surface area (Å²) in [5, 5.41) is 5.28. The Morgan fingerprint density at radius 2 is 2.07 bits per heavy atom. The third-order valence-corrected chi connectivity index (χ3v) is 6.76. The van der Waals surface area contributed by atoms with Crippen molar-refractivity contribution >= 4 is 28.2 Å². The predicted molar refractivity (Wildman–Crippen MR) is 108 cm³/mol. The molecule has 27 heavy (non-hydrogen) atoms. The molecule has 2 atom stereocenters. The fourth-order valence-electron chi connectivity index (χ4n) is 3.77. The van der Waals surface area contributed by atoms with E-state index in [-0.39, 0.29) is 5.82 Å². The first-order chi connectivity index (χ1) is 13.2. The van der Waals surface area contributed by atoms with E-state index in [0.29, 0.717) is 12.1 Å². The summed E-state index contributed by atoms with van der Waals surface area (Å²) in [4.78, 5) is 17.3. The number of aromatic nitrogens is 3. The van der Waals surface area contributed by atoms with Crippen LogP contribution < -0.4 is 10.2 Å². The first-order valence-corrected chi connectivity index (χ1v) is 10.9. The molecular formula is C19H18FN5S2. The molecule has 0 aliphatic carbocycles. The van der Waals surface area contributed by atoms with Crippen molar-refractivity contribution in [3.05, 3.63) is 42.3 Å². The van der Waals surface area contributed by atoms with E-state index < -0.39 is 0 Å². The molecule has 2 saturated heterocycles. The molecule has 5 nitrogen and oxygen atoms in total. The minimum Gasteiger partial charge on any atom is -0.342 e. The highest BCUT2D eigenvalue weighted by atomic mass is 32.2. The number of piperazine rings is 1. The van der Waals surface area contributed by atoms with Gasteiger partial charge in [-0.25, -0.2) is 19.3 Å². The highest BCUT2D eigenvalue weighted by Crippen LogP contribution is 2.42. The predicted octanol–water partition coefficient (Wildman–Crippen LogP) is 3.68. The average molecular weight is 400 g/mol. The van der Waals surface area contributed by atoms with E-state index >= 15 is 0 Å². The largest absolute Gasteiger partial charge is 0.342 e. The molecule has 8 heteroatoms. The zero-order valence-corrected chi connectivity index (χ0v) is 16.4. The lowest BCUT2D eigenvalue weighted by atomic mass is 10.1. The van der Waals surface area contributed by atoms with Crippen LogP contribution in [0.3, 0.4) is 0 Å². The number of anilines is 1. The smallest absolute Gasteiger partial charge is 0.187 e. The van der Waals surface area contributed by atoms with Crippen LogP contribution >= 0.6 is 23.1 Å². The van der Waals surface area contributed by atoms with Gasteiger partial charge in [0.2, 0.25) is 0 Å². The van der Waals surface area contributed by atoms with Gasteiger partial charge < -0.3 is 10.2 Å². The second-order valence-corrected chi connectivity index (χ2v) is 8.51. The number of nitrogens with one attached hydrogen (secondary N) is 1. The van der Waals surface area contributed by atoms with Gasteiger partial charge in [-0.3, -0.25) is 0 Å². The topological polar surface area (TPSA) is 53.9 Å². The van der Waals surface area contributed by atoms with Crippen molar-refractivity contribution in [2.45, 2.75) is 23.7 Å². The fourth-order valence-corrected chi connectivity index (χ4v) is 5.26. The first kappa shape index (κ1) is 17.1. The number of nitrogens with zero attached hydrogens (tertiary/aromatic N) is 4. The number of hydrogen-bond donors (Lipinski definition) is 1. The Labute approximate surface area is 165 Å². The lowest BCUT2D eigenvalue weighted by Gasteiger charge is -2.26. The second-order valence-electron chi connectivity index (χ2n) is 6.76. The van der Waals surface area contributed by atoms with Crippen LogP contribution in [-0.2, 0) is 0 Å². The van der Waals surface area contributed by atoms with Crippen molar-refractivity contribution in [1.29, 1.82) is 0 Å². The monoisotopic (exact) mass is 399 g/mol. The van der Waals surface area contributed by atoms with Crippen molar-refractivity contribution < 1.29 is 4.39 Å². The van der Waals surface area contributed by atoms with Gasteiger partial charge in [0.15, 0.2) is 10.3 Å². The van der Waals surface area contributed by atoms with Crippen molar-refractivity contribution in [3.63, 3.8) is 0 Å². The number of halogens is 1. The maximum atomic E-state index is 13.4. The Bertz CT molecular complexity index is 974. The molecule has 0 saturated carbocycles. The standard InChI is InChI=1S/C19H18FN5S2/c1-26-18-21-7-6-15(23-18)17-16(11-2-4-12(20)5-3-11)24-19(27-17)25-10-13-8-14(25)9-22-13/h2-7,13-14,22H,8-10H2,1H3. The molecule has 1 N–H and O–H groups in total. The molecule has 0 amide bonds. The second kappa shape index (κ2) is 6.85. The molecular weight excluding hydrogens is 381 g/mol. The Balaban J connectivity index is 1.62. The van der Waals surface area contributed by atoms with Gasteiger partial charge in [-0.05, 0) is 43.0 Å². The Morgan fingerprint density at radius 1 is 1.22 bits per heavy atom. The SMILES string of the molecule is CSc1nccc(-c2sc(N3CC4CC3CN4)nc2-c2ccc(F)cc2)n1. The summed E-state index contributed by atoms with van der Waals surface area (Å²) in [5.41, 5.74) is 2.62. The fraction of sp³-hybridized carbons (Fsp3) is 0.316. The van der Waals surface area contributed by atoms with Crippen LogP contribution in [0.5, 0.6) is 0 Å². The Kier molecular flexibility index (Phi) is 4.34. The number of thiazole rings is 1. The summed E-state index contributed by atoms with van der Waals surface area (Å²) in [7, 11) is 0. The number of rotatable bonds is 4. The van der Waals surface area contributed by atoms with Crippen LogP contribution in [0.25, 0.3) is 21.8 Å². The minimum atomic E-state index is -0.245. The van der Waals surface area contributed by atoms with Crippen LogP contribution in [0.2, 0.25) is 0 Å². The molecule has 1 aromatic carbocycles. The van der Waals surface area contributed by atoms with Crippen molar-refractivity contribution in [2.75, 3.05) is 24.2 Å². The number of hydrogen-bond acceptors (Lipinski definition) is 7. The number of thioether (sulfide) groups is 1. The van der Waals surface area contributed by atoms with Crippen LogP contribution in [0, 0.1) is 5.82 Å². The summed E-state index contributed by atoms with van der Waals surface area (Å²) in [6.45, 7) is 2.00. The van der Waals surface area contributed by atoms with E-state index in [2.05, 4.69) is 20.2 Å². The maximum absolute atomic E-state index is 13.4. The quantitative estimate of drug-likeness (QED) is 0.534. The van der Waals surface area contributed by atoms with Gasteiger partial charge in [0.1, 0.15) is 5.82 Å². The summed E-state index contributed by atoms with van der Waals surface area (Å²) in [6, 6.07) is 9.50. The maximum Gasteiger partial charge on any atom is 0.187 e. The highest BCUT2D eigenvalue weighted by molar-refractivity contribution is 7.98. The molecule has 138 valence electrons. The lowest BCUT2D eigenvalue weighted by molar-refractivity contribution is 0.579. The van der Waals surface area contributed by atoms with Gasteiger partial charge in [-0.2, -0.15) is 0 Å². The third kappa shape index (κ3) is 3.11. The summed E-state index contributed by atoms with van der Waals surface area (Å²) < 4.78 is 13.4. The van der Waals surface area contributed by atoms with Crippen molar-refractivity contribution in [3.8, 4) is 21.8 Å². The summed E-state index contributed by atoms with van der Waals surface area (Å²) in [6.07, 6.45) is 4.92. The van der Waals surface area contributed by atoms with Crippen LogP contribution in [-0.4, -0.2) is 46.4 Å². The minimum absolute atomic E-state index is 0.245. The zero-order chi connectivity index (χ0) is 18.4. The normalized spacial score (nSPS) is 21.2. The zero-order valence-electron chi connectivity index (χ0n) is 14.7. The average Bonchev–Trinajstić information content (AvgIpc) is 3.44. The van der Waals surface area contributed by atoms with Crippen LogP contribution in [0.15, 0.2) is 41.7 Å². The molecule has 2 aliphatic heterocycles. The van der Waals surface area contributed by atoms with Gasteiger partial charge in [-0.15, -0.1) is 0 Å². The molecule has 2 unspecified atom stereocenters. The molecule has 2 fully saturated rings. The Morgan fingerprint density at radius 3 is 2.78 bits per heavy atom. The van der Waals surface area contributed by atoms with E-state index in [1.807, 2.05) is 12.3 Å².